The molecule has 5 heteroatoms. The summed E-state index contributed by atoms with van der Waals surface area (Å²) in [5.74, 6) is 0.963. The number of rotatable bonds is 3. The average molecular weight is 265 g/mol. The van der Waals surface area contributed by atoms with Crippen LogP contribution in [0.15, 0.2) is 36.9 Å². The third-order valence-corrected chi connectivity index (χ3v) is 3.73. The van der Waals surface area contributed by atoms with Crippen molar-refractivity contribution < 1.29 is 0 Å². The predicted molar refractivity (Wildman–Crippen MR) is 76.6 cm³/mol. The molecule has 0 radical (unpaired) electrons. The lowest BCUT2D eigenvalue weighted by Crippen LogP contribution is -2.05. The van der Waals surface area contributed by atoms with Gasteiger partial charge in [-0.3, -0.25) is 0 Å². The Kier molecular flexibility index (Phi) is 2.62. The standard InChI is InChI=1S/C15H15N5/c1-2-7-20-9-11(19-14(20)6-1)8-16-15-12-4-3-5-13(12)17-10-18-15/h1-2,6-7,9-10H,3-5,8H2,(H,16,17,18). The Morgan fingerprint density at radius 3 is 3.15 bits per heavy atom. The maximum absolute atomic E-state index is 4.58. The van der Waals surface area contributed by atoms with E-state index in [-0.39, 0.29) is 0 Å². The van der Waals surface area contributed by atoms with Crippen LogP contribution < -0.4 is 5.32 Å². The van der Waals surface area contributed by atoms with Gasteiger partial charge in [-0.05, 0) is 31.4 Å². The van der Waals surface area contributed by atoms with Crippen LogP contribution in [0.1, 0.15) is 23.4 Å². The summed E-state index contributed by atoms with van der Waals surface area (Å²) in [4.78, 5) is 13.3. The minimum Gasteiger partial charge on any atom is -0.364 e. The molecule has 100 valence electrons. The number of pyridine rings is 1. The van der Waals surface area contributed by atoms with Gasteiger partial charge in [-0.15, -0.1) is 0 Å². The van der Waals surface area contributed by atoms with E-state index in [1.807, 2.05) is 35.0 Å². The molecule has 0 saturated carbocycles. The van der Waals surface area contributed by atoms with Crippen molar-refractivity contribution in [1.82, 2.24) is 19.4 Å². The van der Waals surface area contributed by atoms with Gasteiger partial charge in [0, 0.05) is 23.7 Å². The van der Waals surface area contributed by atoms with Crippen LogP contribution in [-0.4, -0.2) is 19.4 Å². The summed E-state index contributed by atoms with van der Waals surface area (Å²) in [7, 11) is 0. The molecule has 3 heterocycles. The predicted octanol–water partition coefficient (Wildman–Crippen LogP) is 2.23. The van der Waals surface area contributed by atoms with Crippen LogP contribution in [0, 0.1) is 0 Å². The first kappa shape index (κ1) is 11.4. The molecule has 0 fully saturated rings. The summed E-state index contributed by atoms with van der Waals surface area (Å²) in [6.45, 7) is 0.686. The van der Waals surface area contributed by atoms with Gasteiger partial charge < -0.3 is 9.72 Å². The Hall–Kier alpha value is -2.43. The van der Waals surface area contributed by atoms with Crippen molar-refractivity contribution in [3.05, 3.63) is 53.9 Å². The van der Waals surface area contributed by atoms with Crippen molar-refractivity contribution in [3.63, 3.8) is 0 Å². The summed E-state index contributed by atoms with van der Waals surface area (Å²) in [5, 5.41) is 3.40. The van der Waals surface area contributed by atoms with E-state index in [0.29, 0.717) is 6.54 Å². The Morgan fingerprint density at radius 1 is 1.20 bits per heavy atom. The fourth-order valence-electron chi connectivity index (χ4n) is 2.76. The molecule has 4 rings (SSSR count). The van der Waals surface area contributed by atoms with E-state index in [0.717, 1.165) is 30.0 Å². The number of fused-ring (bicyclic) bond motifs is 2. The molecule has 0 aromatic carbocycles. The number of aromatic nitrogens is 4. The van der Waals surface area contributed by atoms with Crippen molar-refractivity contribution >= 4 is 11.5 Å². The van der Waals surface area contributed by atoms with Gasteiger partial charge in [-0.25, -0.2) is 15.0 Å². The van der Waals surface area contributed by atoms with E-state index >= 15 is 0 Å². The minimum absolute atomic E-state index is 0.686. The van der Waals surface area contributed by atoms with E-state index in [1.54, 1.807) is 6.33 Å². The van der Waals surface area contributed by atoms with Crippen LogP contribution >= 0.6 is 0 Å². The molecule has 1 aliphatic carbocycles. The molecule has 1 N–H and O–H groups in total. The number of anilines is 1. The normalized spacial score (nSPS) is 13.6. The fourth-order valence-corrected chi connectivity index (χ4v) is 2.76. The first-order valence-electron chi connectivity index (χ1n) is 6.89. The zero-order valence-electron chi connectivity index (χ0n) is 11.1. The van der Waals surface area contributed by atoms with Crippen LogP contribution in [0.3, 0.4) is 0 Å². The van der Waals surface area contributed by atoms with Crippen LogP contribution in [0.5, 0.6) is 0 Å². The number of nitrogens with zero attached hydrogens (tertiary/aromatic N) is 4. The zero-order chi connectivity index (χ0) is 13.4. The maximum atomic E-state index is 4.58. The summed E-state index contributed by atoms with van der Waals surface area (Å²) >= 11 is 0. The quantitative estimate of drug-likeness (QED) is 0.789. The van der Waals surface area contributed by atoms with Gasteiger partial charge in [-0.1, -0.05) is 6.07 Å². The second kappa shape index (κ2) is 4.59. The highest BCUT2D eigenvalue weighted by Gasteiger charge is 2.16. The monoisotopic (exact) mass is 265 g/mol. The molecule has 0 unspecified atom stereocenters. The SMILES string of the molecule is c1ccn2cc(CNc3ncnc4c3CCC4)nc2c1. The topological polar surface area (TPSA) is 55.1 Å². The first-order valence-corrected chi connectivity index (χ1v) is 6.89. The summed E-state index contributed by atoms with van der Waals surface area (Å²) in [5.41, 5.74) is 4.45. The highest BCUT2D eigenvalue weighted by molar-refractivity contribution is 5.48. The van der Waals surface area contributed by atoms with Gasteiger partial charge in [-0.2, -0.15) is 0 Å². The molecule has 3 aromatic rings. The third-order valence-electron chi connectivity index (χ3n) is 3.73. The molecule has 5 nitrogen and oxygen atoms in total. The van der Waals surface area contributed by atoms with E-state index < -0.39 is 0 Å². The number of nitrogens with one attached hydrogen (secondary N) is 1. The lowest BCUT2D eigenvalue weighted by Gasteiger charge is -2.07. The van der Waals surface area contributed by atoms with E-state index in [1.165, 1.54) is 17.7 Å². The molecule has 3 aromatic heterocycles. The van der Waals surface area contributed by atoms with Gasteiger partial charge in [0.05, 0.1) is 12.2 Å². The molecule has 1 aliphatic rings. The van der Waals surface area contributed by atoms with Crippen molar-refractivity contribution in [2.45, 2.75) is 25.8 Å². The highest BCUT2D eigenvalue weighted by Crippen LogP contribution is 2.25. The molecular formula is C15H15N5. The second-order valence-corrected chi connectivity index (χ2v) is 5.05. The van der Waals surface area contributed by atoms with Crippen LogP contribution in [0.4, 0.5) is 5.82 Å². The second-order valence-electron chi connectivity index (χ2n) is 5.05. The molecule has 0 saturated heterocycles. The number of hydrogen-bond donors (Lipinski definition) is 1. The molecule has 20 heavy (non-hydrogen) atoms. The molecular weight excluding hydrogens is 250 g/mol. The number of hydrogen-bond acceptors (Lipinski definition) is 4. The Morgan fingerprint density at radius 2 is 2.20 bits per heavy atom. The molecule has 0 spiro atoms. The molecule has 0 bridgehead atoms. The summed E-state index contributed by atoms with van der Waals surface area (Å²) < 4.78 is 2.03. The lowest BCUT2D eigenvalue weighted by molar-refractivity contribution is 0.899. The molecule has 0 atom stereocenters. The van der Waals surface area contributed by atoms with E-state index in [9.17, 15) is 0 Å². The van der Waals surface area contributed by atoms with E-state index in [4.69, 9.17) is 0 Å². The van der Waals surface area contributed by atoms with Gasteiger partial charge in [0.15, 0.2) is 0 Å². The van der Waals surface area contributed by atoms with E-state index in [2.05, 4.69) is 20.3 Å². The van der Waals surface area contributed by atoms with Crippen LogP contribution in [0.2, 0.25) is 0 Å². The highest BCUT2D eigenvalue weighted by atomic mass is 15.1. The van der Waals surface area contributed by atoms with Crippen molar-refractivity contribution in [2.75, 3.05) is 5.32 Å². The minimum atomic E-state index is 0.686. The molecule has 0 amide bonds. The zero-order valence-corrected chi connectivity index (χ0v) is 11.1. The summed E-state index contributed by atoms with van der Waals surface area (Å²) in [6.07, 6.45) is 9.02. The van der Waals surface area contributed by atoms with Crippen molar-refractivity contribution in [2.24, 2.45) is 0 Å². The Balaban J connectivity index is 1.57. The van der Waals surface area contributed by atoms with Crippen molar-refractivity contribution in [1.29, 1.82) is 0 Å². The third kappa shape index (κ3) is 1.91. The smallest absolute Gasteiger partial charge is 0.137 e. The van der Waals surface area contributed by atoms with Gasteiger partial charge in [0.2, 0.25) is 0 Å². The lowest BCUT2D eigenvalue weighted by atomic mass is 10.2. The largest absolute Gasteiger partial charge is 0.364 e. The van der Waals surface area contributed by atoms with Crippen molar-refractivity contribution in [3.8, 4) is 0 Å². The fraction of sp³-hybridized carbons (Fsp3) is 0.267. The number of aryl methyl sites for hydroxylation is 1. The van der Waals surface area contributed by atoms with Gasteiger partial charge in [0.1, 0.15) is 17.8 Å². The van der Waals surface area contributed by atoms with Gasteiger partial charge in [0.25, 0.3) is 0 Å². The number of imidazole rings is 1. The Bertz CT molecular complexity index is 729. The van der Waals surface area contributed by atoms with Crippen LogP contribution in [-0.2, 0) is 19.4 Å². The average Bonchev–Trinajstić information content (AvgIpc) is 3.11. The maximum Gasteiger partial charge on any atom is 0.137 e. The first-order chi connectivity index (χ1) is 9.90. The Labute approximate surface area is 116 Å². The molecule has 0 aliphatic heterocycles. The van der Waals surface area contributed by atoms with Crippen LogP contribution in [0.25, 0.3) is 5.65 Å². The summed E-state index contributed by atoms with van der Waals surface area (Å²) in [6, 6.07) is 6.01. The van der Waals surface area contributed by atoms with Gasteiger partial charge >= 0.3 is 0 Å².